The molecule has 0 aliphatic carbocycles. The van der Waals surface area contributed by atoms with Crippen LogP contribution in [0, 0.1) is 0 Å². The molecule has 12 aromatic rings. The molecule has 10 aromatic carbocycles. The molecule has 2 aromatic heterocycles. The molecule has 63 heavy (non-hydrogen) atoms. The first-order valence-corrected chi connectivity index (χ1v) is 21.4. The van der Waals surface area contributed by atoms with Gasteiger partial charge in [-0.3, -0.25) is 0 Å². The van der Waals surface area contributed by atoms with Gasteiger partial charge < -0.3 is 13.7 Å². The summed E-state index contributed by atoms with van der Waals surface area (Å²) in [6.07, 6.45) is 0. The van der Waals surface area contributed by atoms with Crippen molar-refractivity contribution in [2.75, 3.05) is 4.90 Å². The van der Waals surface area contributed by atoms with E-state index in [0.717, 1.165) is 105 Å². The van der Waals surface area contributed by atoms with Crippen LogP contribution in [0.2, 0.25) is 0 Å². The Morgan fingerprint density at radius 1 is 0.254 bits per heavy atom. The summed E-state index contributed by atoms with van der Waals surface area (Å²) in [6.45, 7) is 0. The molecule has 0 bridgehead atoms. The molecule has 12 rings (SSSR count). The summed E-state index contributed by atoms with van der Waals surface area (Å²) in [7, 11) is 0. The van der Waals surface area contributed by atoms with Crippen molar-refractivity contribution < 1.29 is 8.83 Å². The molecule has 0 saturated heterocycles. The summed E-state index contributed by atoms with van der Waals surface area (Å²) in [5.74, 6) is 0. The number of hydrogen-bond donors (Lipinski definition) is 0. The summed E-state index contributed by atoms with van der Waals surface area (Å²) in [5, 5.41) is 4.52. The van der Waals surface area contributed by atoms with Crippen molar-refractivity contribution >= 4 is 60.9 Å². The first-order valence-electron chi connectivity index (χ1n) is 21.4. The summed E-state index contributed by atoms with van der Waals surface area (Å²) in [6, 6.07) is 84.3. The van der Waals surface area contributed by atoms with Crippen LogP contribution in [0.5, 0.6) is 0 Å². The standard InChI is InChI=1S/C60H39NO2/c1-3-14-42(15-4-1)48-18-7-8-21-54(48)60-49(43-16-5-2-6-17-43)22-13-23-55(60)61(46-32-26-40(27-33-46)44-30-36-52-50-19-9-11-24-56(50)62-58(52)38-44)47-34-28-41(29-35-47)45-31-37-53-51-20-10-12-25-57(51)63-59(53)39-45/h1-39H. The van der Waals surface area contributed by atoms with E-state index in [0.29, 0.717) is 0 Å². The Morgan fingerprint density at radius 2 is 0.667 bits per heavy atom. The van der Waals surface area contributed by atoms with E-state index >= 15 is 0 Å². The first-order chi connectivity index (χ1) is 31.2. The highest BCUT2D eigenvalue weighted by Crippen LogP contribution is 2.48. The molecule has 0 atom stereocenters. The van der Waals surface area contributed by atoms with Gasteiger partial charge in [0.1, 0.15) is 22.3 Å². The van der Waals surface area contributed by atoms with Gasteiger partial charge in [0.25, 0.3) is 0 Å². The second-order valence-corrected chi connectivity index (χ2v) is 16.0. The highest BCUT2D eigenvalue weighted by molar-refractivity contribution is 6.07. The van der Waals surface area contributed by atoms with Crippen molar-refractivity contribution in [1.82, 2.24) is 0 Å². The molecule has 0 amide bonds. The molecule has 0 aliphatic heterocycles. The number of rotatable bonds is 8. The van der Waals surface area contributed by atoms with Crippen LogP contribution in [0.4, 0.5) is 17.1 Å². The maximum absolute atomic E-state index is 6.30. The minimum atomic E-state index is 0.887. The number of para-hydroxylation sites is 2. The zero-order chi connectivity index (χ0) is 41.7. The molecular weight excluding hydrogens is 767 g/mol. The predicted molar refractivity (Wildman–Crippen MR) is 263 cm³/mol. The van der Waals surface area contributed by atoms with Crippen molar-refractivity contribution in [3.05, 3.63) is 237 Å². The van der Waals surface area contributed by atoms with Crippen LogP contribution in [0.1, 0.15) is 0 Å². The lowest BCUT2D eigenvalue weighted by Gasteiger charge is -2.30. The first kappa shape index (κ1) is 36.5. The highest BCUT2D eigenvalue weighted by atomic mass is 16.3. The molecule has 0 unspecified atom stereocenters. The molecule has 0 fully saturated rings. The van der Waals surface area contributed by atoms with Gasteiger partial charge >= 0.3 is 0 Å². The Labute approximate surface area is 365 Å². The van der Waals surface area contributed by atoms with E-state index in [4.69, 9.17) is 8.83 Å². The van der Waals surface area contributed by atoms with Gasteiger partial charge in [-0.2, -0.15) is 0 Å². The fraction of sp³-hybridized carbons (Fsp3) is 0. The van der Waals surface area contributed by atoms with Gasteiger partial charge in [-0.1, -0.05) is 170 Å². The van der Waals surface area contributed by atoms with E-state index in [1.54, 1.807) is 0 Å². The topological polar surface area (TPSA) is 29.5 Å². The van der Waals surface area contributed by atoms with Crippen molar-refractivity contribution in [1.29, 1.82) is 0 Å². The Kier molecular flexibility index (Phi) is 8.83. The lowest BCUT2D eigenvalue weighted by Crippen LogP contribution is -2.12. The van der Waals surface area contributed by atoms with Crippen LogP contribution >= 0.6 is 0 Å². The molecule has 0 spiro atoms. The summed E-state index contributed by atoms with van der Waals surface area (Å²) >= 11 is 0. The lowest BCUT2D eigenvalue weighted by molar-refractivity contribution is 0.668. The normalized spacial score (nSPS) is 11.5. The molecule has 0 saturated carbocycles. The predicted octanol–water partition coefficient (Wildman–Crippen LogP) is 17.3. The Hall–Kier alpha value is -8.40. The number of hydrogen-bond acceptors (Lipinski definition) is 3. The third kappa shape index (κ3) is 6.46. The van der Waals surface area contributed by atoms with Crippen LogP contribution in [0.15, 0.2) is 245 Å². The van der Waals surface area contributed by atoms with Gasteiger partial charge in [-0.05, 0) is 117 Å². The molecule has 0 aliphatic rings. The molecule has 3 heteroatoms. The maximum Gasteiger partial charge on any atom is 0.136 e. The molecule has 0 N–H and O–H groups in total. The van der Waals surface area contributed by atoms with Crippen LogP contribution in [-0.2, 0) is 0 Å². The second-order valence-electron chi connectivity index (χ2n) is 16.0. The van der Waals surface area contributed by atoms with Crippen LogP contribution in [0.3, 0.4) is 0 Å². The summed E-state index contributed by atoms with van der Waals surface area (Å²) in [4.78, 5) is 2.40. The summed E-state index contributed by atoms with van der Waals surface area (Å²) < 4.78 is 12.6. The van der Waals surface area contributed by atoms with E-state index in [-0.39, 0.29) is 0 Å². The average molecular weight is 806 g/mol. The maximum atomic E-state index is 6.30. The smallest absolute Gasteiger partial charge is 0.136 e. The van der Waals surface area contributed by atoms with Gasteiger partial charge in [0, 0.05) is 38.5 Å². The molecule has 296 valence electrons. The fourth-order valence-electron chi connectivity index (χ4n) is 9.28. The number of benzene rings is 10. The van der Waals surface area contributed by atoms with Gasteiger partial charge in [0.15, 0.2) is 0 Å². The highest BCUT2D eigenvalue weighted by Gasteiger charge is 2.23. The van der Waals surface area contributed by atoms with E-state index in [2.05, 4.69) is 217 Å². The number of furan rings is 2. The van der Waals surface area contributed by atoms with Crippen molar-refractivity contribution in [3.8, 4) is 55.6 Å². The zero-order valence-electron chi connectivity index (χ0n) is 34.3. The van der Waals surface area contributed by atoms with Crippen molar-refractivity contribution in [3.63, 3.8) is 0 Å². The number of fused-ring (bicyclic) bond motifs is 6. The Morgan fingerprint density at radius 3 is 1.21 bits per heavy atom. The minimum Gasteiger partial charge on any atom is -0.456 e. The molecule has 3 nitrogen and oxygen atoms in total. The third-order valence-corrected chi connectivity index (χ3v) is 12.3. The fourth-order valence-corrected chi connectivity index (χ4v) is 9.28. The monoisotopic (exact) mass is 805 g/mol. The molecule has 0 radical (unpaired) electrons. The zero-order valence-corrected chi connectivity index (χ0v) is 34.3. The summed E-state index contributed by atoms with van der Waals surface area (Å²) in [5.41, 5.74) is 18.2. The van der Waals surface area contributed by atoms with Crippen molar-refractivity contribution in [2.24, 2.45) is 0 Å². The van der Waals surface area contributed by atoms with E-state index in [1.165, 1.54) is 11.1 Å². The van der Waals surface area contributed by atoms with Gasteiger partial charge in [0.05, 0.1) is 5.69 Å². The third-order valence-electron chi connectivity index (χ3n) is 12.3. The molecular formula is C60H39NO2. The van der Waals surface area contributed by atoms with E-state index in [9.17, 15) is 0 Å². The van der Waals surface area contributed by atoms with Gasteiger partial charge in [0.2, 0.25) is 0 Å². The van der Waals surface area contributed by atoms with Crippen LogP contribution < -0.4 is 4.90 Å². The Bertz CT molecular complexity index is 3440. The van der Waals surface area contributed by atoms with Crippen molar-refractivity contribution in [2.45, 2.75) is 0 Å². The Balaban J connectivity index is 1.03. The van der Waals surface area contributed by atoms with Gasteiger partial charge in [-0.15, -0.1) is 0 Å². The largest absolute Gasteiger partial charge is 0.456 e. The SMILES string of the molecule is c1ccc(-c2ccccc2-c2c(-c3ccccc3)cccc2N(c2ccc(-c3ccc4c(c3)oc3ccccc34)cc2)c2ccc(-c3ccc4c(c3)oc3ccccc34)cc2)cc1. The molecule has 2 heterocycles. The quantitative estimate of drug-likeness (QED) is 0.153. The lowest BCUT2D eigenvalue weighted by atomic mass is 9.87. The van der Waals surface area contributed by atoms with E-state index < -0.39 is 0 Å². The number of nitrogens with zero attached hydrogens (tertiary/aromatic N) is 1. The van der Waals surface area contributed by atoms with E-state index in [1.807, 2.05) is 24.3 Å². The minimum absolute atomic E-state index is 0.887. The number of anilines is 3. The van der Waals surface area contributed by atoms with Crippen LogP contribution in [0.25, 0.3) is 99.5 Å². The van der Waals surface area contributed by atoms with Crippen LogP contribution in [-0.4, -0.2) is 0 Å². The van der Waals surface area contributed by atoms with Gasteiger partial charge in [-0.25, -0.2) is 0 Å². The second kappa shape index (κ2) is 15.3. The average Bonchev–Trinajstić information content (AvgIpc) is 3.93.